The number of hydrogen-bond donors (Lipinski definition) is 2. The predicted molar refractivity (Wildman–Crippen MR) is 99.0 cm³/mol. The van der Waals surface area contributed by atoms with Crippen molar-refractivity contribution in [3.63, 3.8) is 0 Å². The lowest BCUT2D eigenvalue weighted by Crippen LogP contribution is -2.33. The number of para-hydroxylation sites is 1. The number of benzene rings is 2. The number of aromatic nitrogens is 1. The first-order chi connectivity index (χ1) is 11.7. The SMILES string of the molecule is C[C@@H](CCc1ccccc1)NC(=O)CCc1c[nH]c2ccccc12. The largest absolute Gasteiger partial charge is 0.361 e. The van der Waals surface area contributed by atoms with E-state index in [1.807, 2.05) is 24.4 Å². The maximum absolute atomic E-state index is 12.2. The van der Waals surface area contributed by atoms with E-state index in [2.05, 4.69) is 53.6 Å². The number of hydrogen-bond acceptors (Lipinski definition) is 1. The highest BCUT2D eigenvalue weighted by Gasteiger charge is 2.09. The van der Waals surface area contributed by atoms with Crippen LogP contribution in [0.5, 0.6) is 0 Å². The smallest absolute Gasteiger partial charge is 0.220 e. The normalized spacial score (nSPS) is 12.2. The highest BCUT2D eigenvalue weighted by molar-refractivity contribution is 5.84. The molecule has 2 aromatic carbocycles. The topological polar surface area (TPSA) is 44.9 Å². The number of carbonyl (C=O) groups excluding carboxylic acids is 1. The zero-order valence-corrected chi connectivity index (χ0v) is 14.1. The van der Waals surface area contributed by atoms with E-state index in [1.54, 1.807) is 0 Å². The molecule has 124 valence electrons. The summed E-state index contributed by atoms with van der Waals surface area (Å²) in [5.74, 6) is 0.126. The molecule has 1 heterocycles. The monoisotopic (exact) mass is 320 g/mol. The van der Waals surface area contributed by atoms with Crippen LogP contribution in [0.1, 0.15) is 30.9 Å². The molecule has 3 aromatic rings. The van der Waals surface area contributed by atoms with E-state index in [-0.39, 0.29) is 11.9 Å². The molecule has 0 saturated carbocycles. The van der Waals surface area contributed by atoms with E-state index < -0.39 is 0 Å². The molecule has 0 fully saturated rings. The first kappa shape index (κ1) is 16.3. The van der Waals surface area contributed by atoms with E-state index in [1.165, 1.54) is 16.5 Å². The molecule has 0 spiro atoms. The molecule has 0 aliphatic rings. The Hall–Kier alpha value is -2.55. The lowest BCUT2D eigenvalue weighted by molar-refractivity contribution is -0.121. The van der Waals surface area contributed by atoms with Crippen LogP contribution in [0.4, 0.5) is 0 Å². The van der Waals surface area contributed by atoms with E-state index in [4.69, 9.17) is 0 Å². The number of amides is 1. The number of H-pyrrole nitrogens is 1. The average molecular weight is 320 g/mol. The second kappa shape index (κ2) is 7.82. The standard InChI is InChI=1S/C21H24N2O/c1-16(11-12-17-7-3-2-4-8-17)23-21(24)14-13-18-15-22-20-10-6-5-9-19(18)20/h2-10,15-16,22H,11-14H2,1H3,(H,23,24)/t16-/m0/s1. The summed E-state index contributed by atoms with van der Waals surface area (Å²) in [6, 6.07) is 18.8. The Kier molecular flexibility index (Phi) is 5.32. The molecular weight excluding hydrogens is 296 g/mol. The third kappa shape index (κ3) is 4.25. The fourth-order valence-electron chi connectivity index (χ4n) is 3.03. The summed E-state index contributed by atoms with van der Waals surface area (Å²) in [4.78, 5) is 15.4. The van der Waals surface area contributed by atoms with Crippen molar-refractivity contribution in [1.82, 2.24) is 10.3 Å². The van der Waals surface area contributed by atoms with Crippen molar-refractivity contribution in [2.24, 2.45) is 0 Å². The molecule has 1 amide bonds. The number of rotatable bonds is 7. The van der Waals surface area contributed by atoms with Crippen LogP contribution >= 0.6 is 0 Å². The number of nitrogens with one attached hydrogen (secondary N) is 2. The number of carbonyl (C=O) groups is 1. The van der Waals surface area contributed by atoms with Crippen molar-refractivity contribution >= 4 is 16.8 Å². The number of aryl methyl sites for hydroxylation is 2. The summed E-state index contributed by atoms with van der Waals surface area (Å²) in [6.07, 6.45) is 5.25. The molecule has 3 heteroatoms. The molecule has 2 N–H and O–H groups in total. The van der Waals surface area contributed by atoms with Crippen LogP contribution in [-0.4, -0.2) is 16.9 Å². The first-order valence-electron chi connectivity index (χ1n) is 8.60. The molecule has 0 saturated heterocycles. The predicted octanol–water partition coefficient (Wildman–Crippen LogP) is 4.24. The van der Waals surface area contributed by atoms with Crippen molar-refractivity contribution in [2.75, 3.05) is 0 Å². The number of aromatic amines is 1. The third-order valence-electron chi connectivity index (χ3n) is 4.41. The molecule has 3 rings (SSSR count). The Morgan fingerprint density at radius 1 is 1.04 bits per heavy atom. The van der Waals surface area contributed by atoms with Gasteiger partial charge in [0.2, 0.25) is 5.91 Å². The minimum Gasteiger partial charge on any atom is -0.361 e. The Labute approximate surface area is 143 Å². The maximum Gasteiger partial charge on any atom is 0.220 e. The lowest BCUT2D eigenvalue weighted by Gasteiger charge is -2.13. The van der Waals surface area contributed by atoms with Gasteiger partial charge in [0, 0.05) is 29.6 Å². The van der Waals surface area contributed by atoms with Gasteiger partial charge in [0.05, 0.1) is 0 Å². The van der Waals surface area contributed by atoms with E-state index >= 15 is 0 Å². The van der Waals surface area contributed by atoms with Crippen LogP contribution in [0.25, 0.3) is 10.9 Å². The molecule has 24 heavy (non-hydrogen) atoms. The van der Waals surface area contributed by atoms with E-state index in [0.29, 0.717) is 6.42 Å². The quantitative estimate of drug-likeness (QED) is 0.672. The van der Waals surface area contributed by atoms with Gasteiger partial charge in [-0.2, -0.15) is 0 Å². The Bertz CT molecular complexity index is 792. The Balaban J connectivity index is 1.45. The summed E-state index contributed by atoms with van der Waals surface area (Å²) in [5.41, 5.74) is 3.65. The van der Waals surface area contributed by atoms with Crippen LogP contribution in [-0.2, 0) is 17.6 Å². The van der Waals surface area contributed by atoms with Gasteiger partial charge in [-0.3, -0.25) is 4.79 Å². The molecule has 0 unspecified atom stereocenters. The summed E-state index contributed by atoms with van der Waals surface area (Å²) in [5, 5.41) is 4.32. The summed E-state index contributed by atoms with van der Waals surface area (Å²) < 4.78 is 0. The van der Waals surface area contributed by atoms with Gasteiger partial charge in [-0.25, -0.2) is 0 Å². The molecule has 1 atom stereocenters. The van der Waals surface area contributed by atoms with Gasteiger partial charge in [0.1, 0.15) is 0 Å². The minimum absolute atomic E-state index is 0.126. The van der Waals surface area contributed by atoms with E-state index in [0.717, 1.165) is 24.8 Å². The minimum atomic E-state index is 0.126. The summed E-state index contributed by atoms with van der Waals surface area (Å²) in [7, 11) is 0. The van der Waals surface area contributed by atoms with Crippen LogP contribution in [0, 0.1) is 0 Å². The van der Waals surface area contributed by atoms with Gasteiger partial charge in [-0.1, -0.05) is 48.5 Å². The van der Waals surface area contributed by atoms with Crippen molar-refractivity contribution in [1.29, 1.82) is 0 Å². The highest BCUT2D eigenvalue weighted by Crippen LogP contribution is 2.18. The van der Waals surface area contributed by atoms with Gasteiger partial charge in [-0.15, -0.1) is 0 Å². The fourth-order valence-corrected chi connectivity index (χ4v) is 3.03. The van der Waals surface area contributed by atoms with Crippen LogP contribution in [0.15, 0.2) is 60.8 Å². The average Bonchev–Trinajstić information content (AvgIpc) is 3.02. The van der Waals surface area contributed by atoms with Gasteiger partial charge in [0.25, 0.3) is 0 Å². The van der Waals surface area contributed by atoms with Crippen molar-refractivity contribution in [3.05, 3.63) is 71.9 Å². The second-order valence-corrected chi connectivity index (χ2v) is 6.35. The third-order valence-corrected chi connectivity index (χ3v) is 4.41. The molecule has 0 bridgehead atoms. The molecule has 0 radical (unpaired) electrons. The number of fused-ring (bicyclic) bond motifs is 1. The summed E-state index contributed by atoms with van der Waals surface area (Å²) in [6.45, 7) is 2.08. The second-order valence-electron chi connectivity index (χ2n) is 6.35. The zero-order chi connectivity index (χ0) is 16.8. The Morgan fingerprint density at radius 2 is 1.79 bits per heavy atom. The first-order valence-corrected chi connectivity index (χ1v) is 8.60. The summed E-state index contributed by atoms with van der Waals surface area (Å²) >= 11 is 0. The molecule has 3 nitrogen and oxygen atoms in total. The van der Waals surface area contributed by atoms with Crippen molar-refractivity contribution in [2.45, 2.75) is 38.6 Å². The van der Waals surface area contributed by atoms with Crippen LogP contribution in [0.2, 0.25) is 0 Å². The zero-order valence-electron chi connectivity index (χ0n) is 14.1. The van der Waals surface area contributed by atoms with Crippen LogP contribution in [0.3, 0.4) is 0 Å². The van der Waals surface area contributed by atoms with Crippen molar-refractivity contribution in [3.8, 4) is 0 Å². The van der Waals surface area contributed by atoms with E-state index in [9.17, 15) is 4.79 Å². The maximum atomic E-state index is 12.2. The molecular formula is C21H24N2O. The van der Waals surface area contributed by atoms with Gasteiger partial charge in [-0.05, 0) is 43.4 Å². The fraction of sp³-hybridized carbons (Fsp3) is 0.286. The molecule has 0 aliphatic carbocycles. The highest BCUT2D eigenvalue weighted by atomic mass is 16.1. The van der Waals surface area contributed by atoms with Gasteiger partial charge < -0.3 is 10.3 Å². The molecule has 1 aromatic heterocycles. The van der Waals surface area contributed by atoms with Crippen LogP contribution < -0.4 is 5.32 Å². The Morgan fingerprint density at radius 3 is 2.62 bits per heavy atom. The van der Waals surface area contributed by atoms with Crippen molar-refractivity contribution < 1.29 is 4.79 Å². The van der Waals surface area contributed by atoms with Gasteiger partial charge in [0.15, 0.2) is 0 Å². The lowest BCUT2D eigenvalue weighted by atomic mass is 10.1. The molecule has 0 aliphatic heterocycles. The van der Waals surface area contributed by atoms with Gasteiger partial charge >= 0.3 is 0 Å².